The zero-order chi connectivity index (χ0) is 13.1. The molecule has 3 aromatic heterocycles. The summed E-state index contributed by atoms with van der Waals surface area (Å²) in [6.45, 7) is 0.579. The van der Waals surface area contributed by atoms with Gasteiger partial charge < -0.3 is 9.73 Å². The van der Waals surface area contributed by atoms with Crippen LogP contribution in [0, 0.1) is 0 Å². The molecule has 4 nitrogen and oxygen atoms in total. The van der Waals surface area contributed by atoms with Crippen molar-refractivity contribution in [3.8, 4) is 10.8 Å². The molecule has 6 heteroatoms. The van der Waals surface area contributed by atoms with Gasteiger partial charge in [-0.25, -0.2) is 9.97 Å². The number of halogens is 1. The quantitative estimate of drug-likeness (QED) is 0.736. The second kappa shape index (κ2) is 5.42. The van der Waals surface area contributed by atoms with Crippen molar-refractivity contribution in [3.63, 3.8) is 0 Å². The highest BCUT2D eigenvalue weighted by molar-refractivity contribution is 7.13. The number of pyridine rings is 1. The van der Waals surface area contributed by atoms with Gasteiger partial charge in [0.15, 0.2) is 0 Å². The first-order valence-electron chi connectivity index (χ1n) is 5.65. The van der Waals surface area contributed by atoms with Crippen LogP contribution in [0.3, 0.4) is 0 Å². The van der Waals surface area contributed by atoms with E-state index in [1.54, 1.807) is 29.9 Å². The minimum absolute atomic E-state index is 0.462. The number of hydrogen-bond donors (Lipinski definition) is 1. The molecule has 0 aromatic carbocycles. The van der Waals surface area contributed by atoms with Crippen molar-refractivity contribution >= 4 is 28.6 Å². The Labute approximate surface area is 119 Å². The molecular formula is C13H10ClN3OS. The zero-order valence-electron chi connectivity index (χ0n) is 9.84. The average Bonchev–Trinajstić information content (AvgIpc) is 3.07. The topological polar surface area (TPSA) is 51.0 Å². The van der Waals surface area contributed by atoms with Crippen LogP contribution in [0.4, 0.5) is 5.69 Å². The highest BCUT2D eigenvalue weighted by Crippen LogP contribution is 2.23. The van der Waals surface area contributed by atoms with E-state index in [1.165, 1.54) is 0 Å². The van der Waals surface area contributed by atoms with Crippen LogP contribution in [0.1, 0.15) is 5.69 Å². The summed E-state index contributed by atoms with van der Waals surface area (Å²) in [4.78, 5) is 9.37. The van der Waals surface area contributed by atoms with E-state index >= 15 is 0 Å². The van der Waals surface area contributed by atoms with Crippen molar-refractivity contribution < 1.29 is 4.42 Å². The Balaban J connectivity index is 1.68. The van der Waals surface area contributed by atoms with Gasteiger partial charge in [-0.1, -0.05) is 17.7 Å². The molecule has 0 unspecified atom stereocenters. The maximum atomic E-state index is 5.81. The molecule has 0 saturated carbocycles. The summed E-state index contributed by atoms with van der Waals surface area (Å²) in [7, 11) is 0. The molecule has 1 N–H and O–H groups in total. The summed E-state index contributed by atoms with van der Waals surface area (Å²) >= 11 is 7.42. The molecule has 0 aliphatic rings. The van der Waals surface area contributed by atoms with E-state index in [4.69, 9.17) is 16.0 Å². The lowest BCUT2D eigenvalue weighted by molar-refractivity contribution is 0.574. The van der Waals surface area contributed by atoms with Crippen molar-refractivity contribution in [2.45, 2.75) is 6.54 Å². The van der Waals surface area contributed by atoms with Crippen molar-refractivity contribution in [1.82, 2.24) is 9.97 Å². The summed E-state index contributed by atoms with van der Waals surface area (Å²) in [6.07, 6.45) is 3.31. The molecule has 0 spiro atoms. The molecule has 3 aromatic rings. The predicted molar refractivity (Wildman–Crippen MR) is 76.4 cm³/mol. The zero-order valence-corrected chi connectivity index (χ0v) is 11.4. The lowest BCUT2D eigenvalue weighted by Gasteiger charge is -2.03. The Morgan fingerprint density at radius 1 is 1.37 bits per heavy atom. The lowest BCUT2D eigenvalue weighted by atomic mass is 10.4. The molecule has 0 fully saturated rings. The van der Waals surface area contributed by atoms with E-state index in [2.05, 4.69) is 15.3 Å². The van der Waals surface area contributed by atoms with Gasteiger partial charge in [0.1, 0.15) is 11.4 Å². The standard InChI is InChI=1S/C13H10ClN3OS/c14-12-6-9(3-4-15-12)16-7-10-8-18-13(17-10)11-2-1-5-19-11/h1-6,8H,7H2,(H,15,16). The van der Waals surface area contributed by atoms with Crippen LogP contribution in [0.15, 0.2) is 46.5 Å². The highest BCUT2D eigenvalue weighted by Gasteiger charge is 2.07. The molecule has 3 rings (SSSR count). The van der Waals surface area contributed by atoms with Crippen LogP contribution in [0.5, 0.6) is 0 Å². The number of thiophene rings is 1. The maximum Gasteiger partial charge on any atom is 0.236 e. The maximum absolute atomic E-state index is 5.81. The number of hydrogen-bond acceptors (Lipinski definition) is 5. The SMILES string of the molecule is Clc1cc(NCc2coc(-c3cccs3)n2)ccn1. The third-order valence-electron chi connectivity index (χ3n) is 2.48. The first-order chi connectivity index (χ1) is 9.31. The minimum atomic E-state index is 0.462. The number of nitrogens with zero attached hydrogens (tertiary/aromatic N) is 2. The number of rotatable bonds is 4. The molecule has 0 aliphatic heterocycles. The van der Waals surface area contributed by atoms with Crippen LogP contribution in [-0.4, -0.2) is 9.97 Å². The van der Waals surface area contributed by atoms with Gasteiger partial charge in [0.2, 0.25) is 5.89 Å². The van der Waals surface area contributed by atoms with E-state index in [0.29, 0.717) is 17.6 Å². The monoisotopic (exact) mass is 291 g/mol. The number of nitrogens with one attached hydrogen (secondary N) is 1. The number of anilines is 1. The van der Waals surface area contributed by atoms with Crippen LogP contribution >= 0.6 is 22.9 Å². The van der Waals surface area contributed by atoms with Gasteiger partial charge in [0.25, 0.3) is 0 Å². The molecule has 0 radical (unpaired) electrons. The largest absolute Gasteiger partial charge is 0.443 e. The Morgan fingerprint density at radius 2 is 2.32 bits per heavy atom. The summed E-state index contributed by atoms with van der Waals surface area (Å²) in [5.41, 5.74) is 1.75. The van der Waals surface area contributed by atoms with Gasteiger partial charge >= 0.3 is 0 Å². The molecule has 3 heterocycles. The molecule has 0 saturated heterocycles. The van der Waals surface area contributed by atoms with Crippen molar-refractivity contribution in [3.05, 3.63) is 53.0 Å². The fourth-order valence-electron chi connectivity index (χ4n) is 1.61. The van der Waals surface area contributed by atoms with Crippen molar-refractivity contribution in [2.75, 3.05) is 5.32 Å². The van der Waals surface area contributed by atoms with Gasteiger partial charge in [0, 0.05) is 11.9 Å². The average molecular weight is 292 g/mol. The molecule has 0 aliphatic carbocycles. The molecule has 96 valence electrons. The van der Waals surface area contributed by atoms with Gasteiger partial charge in [-0.15, -0.1) is 11.3 Å². The highest BCUT2D eigenvalue weighted by atomic mass is 35.5. The van der Waals surface area contributed by atoms with Crippen LogP contribution in [-0.2, 0) is 6.54 Å². The fourth-order valence-corrected chi connectivity index (χ4v) is 2.44. The Morgan fingerprint density at radius 3 is 3.11 bits per heavy atom. The molecule has 19 heavy (non-hydrogen) atoms. The van der Waals surface area contributed by atoms with Gasteiger partial charge in [0.05, 0.1) is 17.1 Å². The molecule has 0 atom stereocenters. The van der Waals surface area contributed by atoms with Crippen molar-refractivity contribution in [1.29, 1.82) is 0 Å². The summed E-state index contributed by atoms with van der Waals surface area (Å²) < 4.78 is 5.44. The second-order valence-electron chi connectivity index (χ2n) is 3.84. The van der Waals surface area contributed by atoms with E-state index in [0.717, 1.165) is 16.3 Å². The Bertz CT molecular complexity index is 666. The summed E-state index contributed by atoms with van der Waals surface area (Å²) in [5, 5.41) is 5.68. The van der Waals surface area contributed by atoms with Gasteiger partial charge in [-0.3, -0.25) is 0 Å². The molecule has 0 bridgehead atoms. The normalized spacial score (nSPS) is 10.6. The number of oxazole rings is 1. The van der Waals surface area contributed by atoms with Gasteiger partial charge in [-0.2, -0.15) is 0 Å². The third-order valence-corrected chi connectivity index (χ3v) is 3.55. The van der Waals surface area contributed by atoms with Crippen LogP contribution in [0.2, 0.25) is 5.15 Å². The van der Waals surface area contributed by atoms with Gasteiger partial charge in [-0.05, 0) is 23.6 Å². The second-order valence-corrected chi connectivity index (χ2v) is 5.18. The Hall–Kier alpha value is -1.85. The first-order valence-corrected chi connectivity index (χ1v) is 6.91. The molecular weight excluding hydrogens is 282 g/mol. The minimum Gasteiger partial charge on any atom is -0.443 e. The van der Waals surface area contributed by atoms with Crippen molar-refractivity contribution in [2.24, 2.45) is 0 Å². The number of aromatic nitrogens is 2. The van der Waals surface area contributed by atoms with E-state index in [1.807, 2.05) is 23.6 Å². The summed E-state index contributed by atoms with van der Waals surface area (Å²) in [5.74, 6) is 0.652. The van der Waals surface area contributed by atoms with Crippen LogP contribution in [0.25, 0.3) is 10.8 Å². The third kappa shape index (κ3) is 2.94. The summed E-state index contributed by atoms with van der Waals surface area (Å²) in [6, 6.07) is 7.57. The molecule has 0 amide bonds. The first kappa shape index (κ1) is 12.2. The van der Waals surface area contributed by atoms with E-state index in [-0.39, 0.29) is 0 Å². The predicted octanol–water partition coefficient (Wildman–Crippen LogP) is 4.06. The van der Waals surface area contributed by atoms with E-state index in [9.17, 15) is 0 Å². The smallest absolute Gasteiger partial charge is 0.236 e. The fraction of sp³-hybridized carbons (Fsp3) is 0.0769. The Kier molecular flexibility index (Phi) is 3.48. The lowest BCUT2D eigenvalue weighted by Crippen LogP contribution is -1.99. The van der Waals surface area contributed by atoms with Crippen LogP contribution < -0.4 is 5.32 Å². The van der Waals surface area contributed by atoms with E-state index < -0.39 is 0 Å².